The minimum atomic E-state index is -0.402. The van der Waals surface area contributed by atoms with Gasteiger partial charge < -0.3 is 4.74 Å². The molecule has 0 fully saturated rings. The minimum absolute atomic E-state index is 0.402. The molecule has 0 bridgehead atoms. The Hall–Kier alpha value is -5.39. The van der Waals surface area contributed by atoms with Gasteiger partial charge in [0.1, 0.15) is 17.4 Å². The highest BCUT2D eigenvalue weighted by molar-refractivity contribution is 7.26. The van der Waals surface area contributed by atoms with Gasteiger partial charge >= 0.3 is 0 Å². The van der Waals surface area contributed by atoms with Gasteiger partial charge in [-0.1, -0.05) is 85.5 Å². The van der Waals surface area contributed by atoms with E-state index in [-0.39, 0.29) is 0 Å². The predicted molar refractivity (Wildman–Crippen MR) is 192 cm³/mol. The first kappa shape index (κ1) is 27.2. The number of pyridine rings is 1. The molecule has 0 amide bonds. The molecule has 8 rings (SSSR count). The van der Waals surface area contributed by atoms with Crippen LogP contribution in [0.3, 0.4) is 0 Å². The number of ether oxygens (including phenoxy) is 1. The van der Waals surface area contributed by atoms with E-state index in [1.807, 2.05) is 36.5 Å². The van der Waals surface area contributed by atoms with Crippen LogP contribution in [0.25, 0.3) is 53.4 Å². The highest BCUT2D eigenvalue weighted by atomic mass is 32.1. The molecule has 0 N–H and O–H groups in total. The fourth-order valence-electron chi connectivity index (χ4n) is 6.58. The third kappa shape index (κ3) is 4.39. The fourth-order valence-corrected chi connectivity index (χ4v) is 7.84. The molecule has 7 aromatic rings. The Morgan fingerprint density at radius 1 is 0.822 bits per heavy atom. The van der Waals surface area contributed by atoms with Crippen LogP contribution in [0.4, 0.5) is 11.5 Å². The molecule has 1 aliphatic rings. The van der Waals surface area contributed by atoms with Gasteiger partial charge in [-0.3, -0.25) is 9.47 Å². The summed E-state index contributed by atoms with van der Waals surface area (Å²) in [7, 11) is 0. The van der Waals surface area contributed by atoms with Gasteiger partial charge in [-0.15, -0.1) is 11.3 Å². The standard InChI is InChI=1S/C40H31N3OS/c1-4-13-27(14-5-2)44-38-25-26(3)28-15-6-9-18-32(28)43(38)37-22-12-21-36(41-37)42-33-19-10-7-17-31(33)39-34(42)24-23-30-29-16-8-11-20-35(29)45-40(30)39/h4-25,38H,1H2,2-3H3/b14-5-,27-13+. The number of hydrogen-bond acceptors (Lipinski definition) is 4. The Balaban J connectivity index is 1.34. The van der Waals surface area contributed by atoms with Gasteiger partial charge in [-0.25, -0.2) is 4.98 Å². The monoisotopic (exact) mass is 601 g/mol. The highest BCUT2D eigenvalue weighted by Crippen LogP contribution is 2.44. The second-order valence-electron chi connectivity index (χ2n) is 11.2. The zero-order chi connectivity index (χ0) is 30.5. The smallest absolute Gasteiger partial charge is 0.197 e. The van der Waals surface area contributed by atoms with Crippen LogP contribution < -0.4 is 4.90 Å². The summed E-state index contributed by atoms with van der Waals surface area (Å²) in [6, 6.07) is 36.6. The third-order valence-electron chi connectivity index (χ3n) is 8.48. The van der Waals surface area contributed by atoms with E-state index in [1.165, 1.54) is 30.9 Å². The summed E-state index contributed by atoms with van der Waals surface area (Å²) in [5.41, 5.74) is 5.66. The van der Waals surface area contributed by atoms with Crippen molar-refractivity contribution < 1.29 is 4.74 Å². The lowest BCUT2D eigenvalue weighted by Gasteiger charge is -2.36. The van der Waals surface area contributed by atoms with Gasteiger partial charge in [0.2, 0.25) is 0 Å². The molecule has 4 heterocycles. The highest BCUT2D eigenvalue weighted by Gasteiger charge is 2.29. The number of hydrogen-bond donors (Lipinski definition) is 0. The number of aromatic nitrogens is 2. The molecule has 1 atom stereocenters. The summed E-state index contributed by atoms with van der Waals surface area (Å²) >= 11 is 1.86. The van der Waals surface area contributed by atoms with Crippen molar-refractivity contribution in [2.45, 2.75) is 20.1 Å². The molecule has 0 saturated heterocycles. The molecule has 4 aromatic carbocycles. The molecule has 3 aromatic heterocycles. The van der Waals surface area contributed by atoms with Crippen molar-refractivity contribution in [1.82, 2.24) is 9.55 Å². The normalized spacial score (nSPS) is 15.3. The van der Waals surface area contributed by atoms with Crippen molar-refractivity contribution in [2.24, 2.45) is 0 Å². The number of benzene rings is 4. The van der Waals surface area contributed by atoms with Crippen molar-refractivity contribution >= 4 is 70.4 Å². The third-order valence-corrected chi connectivity index (χ3v) is 9.69. The van der Waals surface area contributed by atoms with Gasteiger partial charge in [0.05, 0.1) is 16.7 Å². The maximum absolute atomic E-state index is 6.62. The van der Waals surface area contributed by atoms with Gasteiger partial charge in [0, 0.05) is 36.5 Å². The fraction of sp³-hybridized carbons (Fsp3) is 0.0750. The summed E-state index contributed by atoms with van der Waals surface area (Å²) in [4.78, 5) is 7.55. The molecule has 218 valence electrons. The van der Waals surface area contributed by atoms with Crippen LogP contribution in [-0.2, 0) is 4.74 Å². The van der Waals surface area contributed by atoms with Crippen LogP contribution in [0.15, 0.2) is 146 Å². The zero-order valence-electron chi connectivity index (χ0n) is 25.1. The second-order valence-corrected chi connectivity index (χ2v) is 12.2. The first-order valence-electron chi connectivity index (χ1n) is 15.2. The van der Waals surface area contributed by atoms with Crippen LogP contribution in [0.2, 0.25) is 0 Å². The number of rotatable bonds is 6. The first-order valence-corrected chi connectivity index (χ1v) is 16.0. The molecule has 0 aliphatic carbocycles. The van der Waals surface area contributed by atoms with Crippen molar-refractivity contribution in [3.8, 4) is 5.82 Å². The quantitative estimate of drug-likeness (QED) is 0.140. The van der Waals surface area contributed by atoms with Gasteiger partial charge in [-0.05, 0) is 74.0 Å². The lowest BCUT2D eigenvalue weighted by atomic mass is 9.99. The molecule has 0 radical (unpaired) electrons. The Labute approximate surface area is 266 Å². The van der Waals surface area contributed by atoms with Crippen LogP contribution in [0.1, 0.15) is 19.4 Å². The Morgan fingerprint density at radius 2 is 1.60 bits per heavy atom. The first-order chi connectivity index (χ1) is 22.2. The van der Waals surface area contributed by atoms with E-state index in [0.717, 1.165) is 45.3 Å². The average molecular weight is 602 g/mol. The summed E-state index contributed by atoms with van der Waals surface area (Å²) in [5.74, 6) is 2.40. The Kier molecular flexibility index (Phi) is 6.62. The molecule has 45 heavy (non-hydrogen) atoms. The van der Waals surface area contributed by atoms with Crippen LogP contribution in [-0.4, -0.2) is 15.8 Å². The predicted octanol–water partition coefficient (Wildman–Crippen LogP) is 11.1. The summed E-state index contributed by atoms with van der Waals surface area (Å²) in [5, 5.41) is 5.09. The van der Waals surface area contributed by atoms with Crippen molar-refractivity contribution in [2.75, 3.05) is 4.90 Å². The minimum Gasteiger partial charge on any atom is -0.467 e. The van der Waals surface area contributed by atoms with E-state index in [2.05, 4.69) is 132 Å². The van der Waals surface area contributed by atoms with E-state index < -0.39 is 6.23 Å². The van der Waals surface area contributed by atoms with Crippen LogP contribution in [0.5, 0.6) is 0 Å². The van der Waals surface area contributed by atoms with Gasteiger partial charge in [-0.2, -0.15) is 0 Å². The van der Waals surface area contributed by atoms with E-state index in [1.54, 1.807) is 6.08 Å². The molecule has 4 nitrogen and oxygen atoms in total. The molecular formula is C40H31N3OS. The van der Waals surface area contributed by atoms with Crippen molar-refractivity contribution in [3.05, 3.63) is 151 Å². The lowest BCUT2D eigenvalue weighted by molar-refractivity contribution is 0.169. The number of allylic oxidation sites excluding steroid dienone is 5. The summed E-state index contributed by atoms with van der Waals surface area (Å²) < 4.78 is 11.5. The number of fused-ring (bicyclic) bond motifs is 8. The molecule has 1 aliphatic heterocycles. The number of para-hydroxylation sites is 2. The second kappa shape index (κ2) is 11.0. The Morgan fingerprint density at radius 3 is 2.47 bits per heavy atom. The molecule has 0 saturated carbocycles. The topological polar surface area (TPSA) is 30.3 Å². The van der Waals surface area contributed by atoms with Crippen LogP contribution >= 0.6 is 11.3 Å². The van der Waals surface area contributed by atoms with Gasteiger partial charge in [0.25, 0.3) is 0 Å². The molecule has 0 spiro atoms. The molecule has 5 heteroatoms. The molecular weight excluding hydrogens is 571 g/mol. The largest absolute Gasteiger partial charge is 0.467 e. The SMILES string of the molecule is C=C/C=C(\C=C/C)OC1C=C(C)c2ccccc2N1c1cccc(-n2c3ccccc3c3c4sc5ccccc5c4ccc32)n1. The van der Waals surface area contributed by atoms with Gasteiger partial charge in [0.15, 0.2) is 6.23 Å². The zero-order valence-corrected chi connectivity index (χ0v) is 26.0. The average Bonchev–Trinajstić information content (AvgIpc) is 3.61. The summed E-state index contributed by atoms with van der Waals surface area (Å²) in [6.45, 7) is 8.01. The number of anilines is 2. The van der Waals surface area contributed by atoms with Crippen molar-refractivity contribution in [3.63, 3.8) is 0 Å². The van der Waals surface area contributed by atoms with Crippen molar-refractivity contribution in [1.29, 1.82) is 0 Å². The Bertz CT molecular complexity index is 2370. The van der Waals surface area contributed by atoms with E-state index in [0.29, 0.717) is 0 Å². The number of nitrogens with zero attached hydrogens (tertiary/aromatic N) is 3. The lowest BCUT2D eigenvalue weighted by Crippen LogP contribution is -2.35. The van der Waals surface area contributed by atoms with E-state index in [4.69, 9.17) is 9.72 Å². The van der Waals surface area contributed by atoms with E-state index in [9.17, 15) is 0 Å². The summed E-state index contributed by atoms with van der Waals surface area (Å²) in [6.07, 6.45) is 9.33. The van der Waals surface area contributed by atoms with Crippen LogP contribution in [0, 0.1) is 0 Å². The number of thiophene rings is 1. The maximum atomic E-state index is 6.62. The molecule has 1 unspecified atom stereocenters. The van der Waals surface area contributed by atoms with E-state index >= 15 is 0 Å². The maximum Gasteiger partial charge on any atom is 0.197 e.